The average molecular weight is 337 g/mol. The quantitative estimate of drug-likeness (QED) is 0.850. The fraction of sp³-hybridized carbons (Fsp3) is 0.250. The van der Waals surface area contributed by atoms with Gasteiger partial charge in [-0.2, -0.15) is 0 Å². The summed E-state index contributed by atoms with van der Waals surface area (Å²) in [6.07, 6.45) is 0.414. The van der Waals surface area contributed by atoms with E-state index in [0.29, 0.717) is 25.1 Å². The van der Waals surface area contributed by atoms with E-state index in [4.69, 9.17) is 4.84 Å². The van der Waals surface area contributed by atoms with E-state index in [1.54, 1.807) is 12.1 Å². The molecule has 0 amide bonds. The standard InChI is InChI=1S/C20H19NO4/c22-14-18-13-20(19(23)24,17-9-5-2-6-10-17)11-12-21(18)25-15-16-7-3-1-4-8-16/h1-10H,11-13,15H2,(H,23,24). The van der Waals surface area contributed by atoms with Crippen LogP contribution in [0.3, 0.4) is 0 Å². The summed E-state index contributed by atoms with van der Waals surface area (Å²) in [7, 11) is 0. The Hall–Kier alpha value is -2.88. The van der Waals surface area contributed by atoms with Crippen molar-refractivity contribution in [1.29, 1.82) is 0 Å². The van der Waals surface area contributed by atoms with E-state index in [1.165, 1.54) is 5.06 Å². The maximum absolute atomic E-state index is 12.0. The summed E-state index contributed by atoms with van der Waals surface area (Å²) in [6, 6.07) is 18.6. The number of carboxylic acid groups (broad SMARTS) is 1. The first-order valence-electron chi connectivity index (χ1n) is 8.13. The summed E-state index contributed by atoms with van der Waals surface area (Å²) < 4.78 is 0. The second-order valence-corrected chi connectivity index (χ2v) is 6.09. The minimum atomic E-state index is -1.12. The van der Waals surface area contributed by atoms with Gasteiger partial charge < -0.3 is 5.11 Å². The molecule has 0 spiro atoms. The molecular formula is C20H19NO4. The number of aliphatic carboxylic acids is 1. The van der Waals surface area contributed by atoms with Crippen LogP contribution in [-0.2, 0) is 26.4 Å². The SMILES string of the molecule is O=C=C1CC(C(=O)O)(c2ccccc2)CCN1OCc1ccccc1. The summed E-state index contributed by atoms with van der Waals surface area (Å²) in [6.45, 7) is 0.635. The molecule has 2 aromatic rings. The van der Waals surface area contributed by atoms with Gasteiger partial charge in [0, 0.05) is 13.0 Å². The molecule has 0 aromatic heterocycles. The first-order valence-corrected chi connectivity index (χ1v) is 8.13. The molecule has 0 radical (unpaired) electrons. The van der Waals surface area contributed by atoms with E-state index >= 15 is 0 Å². The fourth-order valence-corrected chi connectivity index (χ4v) is 3.16. The molecule has 5 heteroatoms. The van der Waals surface area contributed by atoms with Crippen LogP contribution in [0.25, 0.3) is 0 Å². The van der Waals surface area contributed by atoms with Crippen LogP contribution in [0, 0.1) is 0 Å². The summed E-state index contributed by atoms with van der Waals surface area (Å²) in [4.78, 5) is 29.2. The van der Waals surface area contributed by atoms with Crippen LogP contribution in [-0.4, -0.2) is 28.6 Å². The lowest BCUT2D eigenvalue weighted by atomic mass is 9.72. The van der Waals surface area contributed by atoms with Gasteiger partial charge in [-0.15, -0.1) is 0 Å². The molecule has 3 rings (SSSR count). The number of carbonyl (C=O) groups is 1. The minimum Gasteiger partial charge on any atom is -0.481 e. The third kappa shape index (κ3) is 3.48. The number of hydrogen-bond donors (Lipinski definition) is 1. The zero-order chi connectivity index (χ0) is 17.7. The number of carboxylic acids is 1. The molecule has 25 heavy (non-hydrogen) atoms. The Balaban J connectivity index is 1.78. The van der Waals surface area contributed by atoms with Crippen LogP contribution in [0.2, 0.25) is 0 Å². The number of piperidine rings is 1. The summed E-state index contributed by atoms with van der Waals surface area (Å²) >= 11 is 0. The number of benzene rings is 2. The Kier molecular flexibility index (Phi) is 4.98. The van der Waals surface area contributed by atoms with Gasteiger partial charge in [-0.25, -0.2) is 9.86 Å². The molecular weight excluding hydrogens is 318 g/mol. The number of allylic oxidation sites excluding steroid dienone is 1. The average Bonchev–Trinajstić information content (AvgIpc) is 2.67. The fourth-order valence-electron chi connectivity index (χ4n) is 3.16. The van der Waals surface area contributed by atoms with Crippen molar-refractivity contribution in [1.82, 2.24) is 5.06 Å². The molecule has 2 aromatic carbocycles. The highest BCUT2D eigenvalue weighted by atomic mass is 16.7. The van der Waals surface area contributed by atoms with Gasteiger partial charge in [-0.3, -0.25) is 9.63 Å². The molecule has 1 aliphatic rings. The second kappa shape index (κ2) is 7.34. The number of rotatable bonds is 5. The number of hydroxylamine groups is 2. The van der Waals surface area contributed by atoms with Gasteiger partial charge in [0.05, 0.1) is 6.61 Å². The van der Waals surface area contributed by atoms with Crippen molar-refractivity contribution in [2.45, 2.75) is 24.9 Å². The molecule has 1 heterocycles. The molecule has 1 aliphatic heterocycles. The van der Waals surface area contributed by atoms with Crippen LogP contribution in [0.1, 0.15) is 24.0 Å². The van der Waals surface area contributed by atoms with Crippen molar-refractivity contribution in [3.63, 3.8) is 0 Å². The predicted molar refractivity (Wildman–Crippen MR) is 92.1 cm³/mol. The molecule has 1 N–H and O–H groups in total. The topological polar surface area (TPSA) is 66.8 Å². The number of carbonyl (C=O) groups excluding carboxylic acids is 1. The highest BCUT2D eigenvalue weighted by Crippen LogP contribution is 2.39. The maximum atomic E-state index is 12.0. The van der Waals surface area contributed by atoms with Crippen LogP contribution < -0.4 is 0 Å². The van der Waals surface area contributed by atoms with Crippen molar-refractivity contribution < 1.29 is 19.5 Å². The summed E-state index contributed by atoms with van der Waals surface area (Å²) in [5.41, 5.74) is 0.776. The lowest BCUT2D eigenvalue weighted by Crippen LogP contribution is -2.46. The number of nitrogens with zero attached hydrogens (tertiary/aromatic N) is 1. The van der Waals surface area contributed by atoms with E-state index in [-0.39, 0.29) is 12.1 Å². The van der Waals surface area contributed by atoms with Gasteiger partial charge in [0.1, 0.15) is 17.1 Å². The number of hydrogen-bond acceptors (Lipinski definition) is 4. The van der Waals surface area contributed by atoms with Gasteiger partial charge in [0.2, 0.25) is 0 Å². The highest BCUT2D eigenvalue weighted by Gasteiger charge is 2.45. The zero-order valence-electron chi connectivity index (χ0n) is 13.7. The molecule has 0 aliphatic carbocycles. The third-order valence-corrected chi connectivity index (χ3v) is 4.60. The maximum Gasteiger partial charge on any atom is 0.314 e. The van der Waals surface area contributed by atoms with Crippen molar-refractivity contribution in [3.05, 3.63) is 77.5 Å². The molecule has 1 unspecified atom stereocenters. The summed E-state index contributed by atoms with van der Waals surface area (Å²) in [5, 5.41) is 11.3. The Bertz CT molecular complexity index is 784. The van der Waals surface area contributed by atoms with Crippen molar-refractivity contribution >= 4 is 11.9 Å². The van der Waals surface area contributed by atoms with E-state index in [2.05, 4.69) is 0 Å². The molecule has 1 atom stereocenters. The molecule has 128 valence electrons. The van der Waals surface area contributed by atoms with Gasteiger partial charge in [-0.05, 0) is 17.5 Å². The second-order valence-electron chi connectivity index (χ2n) is 6.09. The Morgan fingerprint density at radius 2 is 1.76 bits per heavy atom. The lowest BCUT2D eigenvalue weighted by molar-refractivity contribution is -0.167. The monoisotopic (exact) mass is 337 g/mol. The molecule has 0 saturated carbocycles. The predicted octanol–water partition coefficient (Wildman–Crippen LogP) is 2.95. The van der Waals surface area contributed by atoms with Gasteiger partial charge in [-0.1, -0.05) is 60.7 Å². The van der Waals surface area contributed by atoms with E-state index in [1.807, 2.05) is 54.5 Å². The highest BCUT2D eigenvalue weighted by molar-refractivity contribution is 5.82. The first kappa shape index (κ1) is 17.0. The normalized spacial score (nSPS) is 20.2. The molecule has 0 bridgehead atoms. The van der Waals surface area contributed by atoms with Crippen molar-refractivity contribution in [2.75, 3.05) is 6.54 Å². The first-order chi connectivity index (χ1) is 12.2. The van der Waals surface area contributed by atoms with E-state index in [9.17, 15) is 14.7 Å². The van der Waals surface area contributed by atoms with E-state index in [0.717, 1.165) is 5.56 Å². The Morgan fingerprint density at radius 3 is 2.36 bits per heavy atom. The van der Waals surface area contributed by atoms with Crippen LogP contribution in [0.5, 0.6) is 0 Å². The van der Waals surface area contributed by atoms with Crippen LogP contribution >= 0.6 is 0 Å². The lowest BCUT2D eigenvalue weighted by Gasteiger charge is -2.39. The zero-order valence-corrected chi connectivity index (χ0v) is 13.7. The Morgan fingerprint density at radius 1 is 1.12 bits per heavy atom. The summed E-state index contributed by atoms with van der Waals surface area (Å²) in [5.74, 6) is 0.938. The molecule has 1 fully saturated rings. The van der Waals surface area contributed by atoms with Crippen LogP contribution in [0.15, 0.2) is 66.4 Å². The van der Waals surface area contributed by atoms with Crippen LogP contribution in [0.4, 0.5) is 0 Å². The largest absolute Gasteiger partial charge is 0.481 e. The smallest absolute Gasteiger partial charge is 0.314 e. The van der Waals surface area contributed by atoms with Gasteiger partial charge in [0.25, 0.3) is 0 Å². The van der Waals surface area contributed by atoms with E-state index < -0.39 is 11.4 Å². The minimum absolute atomic E-state index is 0.0602. The third-order valence-electron chi connectivity index (χ3n) is 4.60. The molecule has 1 saturated heterocycles. The van der Waals surface area contributed by atoms with Crippen molar-refractivity contribution in [3.8, 4) is 0 Å². The van der Waals surface area contributed by atoms with Gasteiger partial charge in [0.15, 0.2) is 0 Å². The van der Waals surface area contributed by atoms with Crippen molar-refractivity contribution in [2.24, 2.45) is 0 Å². The molecule has 5 nitrogen and oxygen atoms in total. The van der Waals surface area contributed by atoms with Gasteiger partial charge >= 0.3 is 5.97 Å². The Labute approximate surface area is 146 Å².